The van der Waals surface area contributed by atoms with E-state index in [1.54, 1.807) is 29.3 Å². The zero-order valence-corrected chi connectivity index (χ0v) is 14.2. The first kappa shape index (κ1) is 16.5. The van der Waals surface area contributed by atoms with E-state index in [1.165, 1.54) is 22.7 Å². The number of nitrogens with one attached hydrogen (secondary N) is 1. The van der Waals surface area contributed by atoms with Gasteiger partial charge in [-0.15, -0.1) is 0 Å². The molecule has 1 aromatic carbocycles. The minimum Gasteiger partial charge on any atom is -0.334 e. The first-order chi connectivity index (χ1) is 12.6. The highest BCUT2D eigenvalue weighted by atomic mass is 19.1. The highest BCUT2D eigenvalue weighted by Gasteiger charge is 2.29. The molecule has 1 aliphatic rings. The van der Waals surface area contributed by atoms with Gasteiger partial charge in [0.25, 0.3) is 5.56 Å². The maximum absolute atomic E-state index is 13.1. The van der Waals surface area contributed by atoms with Crippen molar-refractivity contribution in [2.75, 3.05) is 6.54 Å². The summed E-state index contributed by atoms with van der Waals surface area (Å²) in [7, 11) is 0. The van der Waals surface area contributed by atoms with Crippen molar-refractivity contribution in [3.63, 3.8) is 0 Å². The second-order valence-electron chi connectivity index (χ2n) is 6.58. The van der Waals surface area contributed by atoms with Gasteiger partial charge in [0.2, 0.25) is 5.91 Å². The number of hydrogen-bond acceptors (Lipinski definition) is 3. The maximum Gasteiger partial charge on any atom is 0.272 e. The molecule has 2 aromatic heterocycles. The summed E-state index contributed by atoms with van der Waals surface area (Å²) in [5, 5.41) is 2.82. The third kappa shape index (κ3) is 3.12. The number of H-pyrrole nitrogens is 1. The predicted octanol–water partition coefficient (Wildman–Crippen LogP) is 2.46. The molecule has 1 N–H and O–H groups in total. The van der Waals surface area contributed by atoms with Crippen LogP contribution < -0.4 is 5.56 Å². The summed E-state index contributed by atoms with van der Waals surface area (Å²) in [6.45, 7) is 0.638. The van der Waals surface area contributed by atoms with Gasteiger partial charge in [-0.1, -0.05) is 12.1 Å². The number of carbonyl (C=O) groups excluding carboxylic acids is 1. The van der Waals surface area contributed by atoms with Crippen LogP contribution in [-0.2, 0) is 11.2 Å². The van der Waals surface area contributed by atoms with Gasteiger partial charge in [0.05, 0.1) is 18.2 Å². The molecule has 1 atom stereocenters. The first-order valence-corrected chi connectivity index (χ1v) is 8.73. The lowest BCUT2D eigenvalue weighted by molar-refractivity contribution is -0.134. The van der Waals surface area contributed by atoms with Crippen LogP contribution in [0.5, 0.6) is 0 Å². The van der Waals surface area contributed by atoms with Gasteiger partial charge in [0.1, 0.15) is 5.82 Å². The van der Waals surface area contributed by atoms with Crippen molar-refractivity contribution in [1.29, 1.82) is 0 Å². The Morgan fingerprint density at radius 1 is 1.23 bits per heavy atom. The molecule has 3 heterocycles. The summed E-state index contributed by atoms with van der Waals surface area (Å²) in [4.78, 5) is 31.5. The summed E-state index contributed by atoms with van der Waals surface area (Å²) in [5.74, 6) is -0.348. The second kappa shape index (κ2) is 6.74. The van der Waals surface area contributed by atoms with E-state index in [2.05, 4.69) is 10.1 Å². The quantitative estimate of drug-likeness (QED) is 0.785. The van der Waals surface area contributed by atoms with Crippen molar-refractivity contribution in [1.82, 2.24) is 19.5 Å². The molecule has 134 valence electrons. The molecule has 1 saturated heterocycles. The van der Waals surface area contributed by atoms with E-state index in [0.717, 1.165) is 24.8 Å². The summed E-state index contributed by atoms with van der Waals surface area (Å²) >= 11 is 0. The monoisotopic (exact) mass is 354 g/mol. The van der Waals surface area contributed by atoms with Crippen molar-refractivity contribution in [3.05, 3.63) is 70.0 Å². The van der Waals surface area contributed by atoms with E-state index in [9.17, 15) is 14.0 Å². The van der Waals surface area contributed by atoms with Gasteiger partial charge in [-0.3, -0.25) is 14.7 Å². The predicted molar refractivity (Wildman–Crippen MR) is 94.2 cm³/mol. The van der Waals surface area contributed by atoms with Crippen LogP contribution in [-0.4, -0.2) is 31.9 Å². The summed E-state index contributed by atoms with van der Waals surface area (Å²) in [6.07, 6.45) is 4.56. The van der Waals surface area contributed by atoms with Gasteiger partial charge in [0, 0.05) is 24.9 Å². The molecule has 0 saturated carbocycles. The van der Waals surface area contributed by atoms with Gasteiger partial charge in [-0.05, 0) is 37.0 Å². The van der Waals surface area contributed by atoms with Crippen LogP contribution >= 0.6 is 0 Å². The standard InChI is InChI=1S/C19H19FN4O2/c20-14-6-4-13(5-7-14)11-18(25)23-10-2-1-3-16(23)15-12-19(26)24-17(22-15)8-9-21-24/h4-9,12,16,21H,1-3,10-11H2/t16-/m1/s1. The number of halogens is 1. The summed E-state index contributed by atoms with van der Waals surface area (Å²) in [5.41, 5.74) is 1.76. The highest BCUT2D eigenvalue weighted by molar-refractivity contribution is 5.79. The number of aromatic nitrogens is 3. The molecular weight excluding hydrogens is 335 g/mol. The lowest BCUT2D eigenvalue weighted by Gasteiger charge is -2.35. The van der Waals surface area contributed by atoms with E-state index < -0.39 is 0 Å². The van der Waals surface area contributed by atoms with Gasteiger partial charge >= 0.3 is 0 Å². The highest BCUT2D eigenvalue weighted by Crippen LogP contribution is 2.30. The number of hydrogen-bond donors (Lipinski definition) is 1. The van der Waals surface area contributed by atoms with E-state index in [4.69, 9.17) is 0 Å². The number of rotatable bonds is 3. The number of aromatic amines is 1. The molecule has 7 heteroatoms. The van der Waals surface area contributed by atoms with Crippen molar-refractivity contribution in [2.24, 2.45) is 0 Å². The molecule has 0 spiro atoms. The van der Waals surface area contributed by atoms with Gasteiger partial charge < -0.3 is 4.90 Å². The number of likely N-dealkylation sites (tertiary alicyclic amines) is 1. The SMILES string of the molecule is O=C(Cc1ccc(F)cc1)N1CCCC[C@@H]1c1cc(=O)n2[nH]ccc2n1. The molecule has 3 aromatic rings. The van der Waals surface area contributed by atoms with E-state index >= 15 is 0 Å². The molecular formula is C19H19FN4O2. The van der Waals surface area contributed by atoms with Crippen molar-refractivity contribution in [3.8, 4) is 0 Å². The molecule has 0 radical (unpaired) electrons. The first-order valence-electron chi connectivity index (χ1n) is 8.73. The fourth-order valence-electron chi connectivity index (χ4n) is 3.53. The molecule has 1 aliphatic heterocycles. The Kier molecular flexibility index (Phi) is 4.28. The Hall–Kier alpha value is -2.96. The fourth-order valence-corrected chi connectivity index (χ4v) is 3.53. The fraction of sp³-hybridized carbons (Fsp3) is 0.316. The van der Waals surface area contributed by atoms with E-state index in [-0.39, 0.29) is 29.7 Å². The topological polar surface area (TPSA) is 70.5 Å². The van der Waals surface area contributed by atoms with E-state index in [1.807, 2.05) is 0 Å². The zero-order valence-electron chi connectivity index (χ0n) is 14.2. The number of benzene rings is 1. The second-order valence-corrected chi connectivity index (χ2v) is 6.58. The molecule has 26 heavy (non-hydrogen) atoms. The van der Waals surface area contributed by atoms with E-state index in [0.29, 0.717) is 17.9 Å². The van der Waals surface area contributed by atoms with Crippen LogP contribution in [0.3, 0.4) is 0 Å². The Morgan fingerprint density at radius 3 is 2.85 bits per heavy atom. The number of carbonyl (C=O) groups is 1. The Balaban J connectivity index is 1.61. The Morgan fingerprint density at radius 2 is 2.04 bits per heavy atom. The van der Waals surface area contributed by atoms with Crippen LogP contribution in [0, 0.1) is 5.82 Å². The number of fused-ring (bicyclic) bond motifs is 1. The summed E-state index contributed by atoms with van der Waals surface area (Å²) < 4.78 is 14.4. The zero-order chi connectivity index (χ0) is 18.1. The Bertz CT molecular complexity index is 993. The van der Waals surface area contributed by atoms with Crippen LogP contribution in [0.25, 0.3) is 5.65 Å². The third-order valence-corrected chi connectivity index (χ3v) is 4.83. The average molecular weight is 354 g/mol. The molecule has 0 bridgehead atoms. The maximum atomic E-state index is 13.1. The molecule has 4 rings (SSSR count). The number of piperidine rings is 1. The lowest BCUT2D eigenvalue weighted by Crippen LogP contribution is -2.40. The minimum absolute atomic E-state index is 0.0302. The molecule has 1 amide bonds. The third-order valence-electron chi connectivity index (χ3n) is 4.83. The van der Waals surface area contributed by atoms with Gasteiger partial charge in [-0.25, -0.2) is 13.9 Å². The molecule has 0 unspecified atom stereocenters. The molecule has 1 fully saturated rings. The van der Waals surface area contributed by atoms with Crippen molar-refractivity contribution >= 4 is 11.6 Å². The minimum atomic E-state index is -0.318. The van der Waals surface area contributed by atoms with Crippen molar-refractivity contribution in [2.45, 2.75) is 31.7 Å². The molecule has 6 nitrogen and oxygen atoms in total. The number of nitrogens with zero attached hydrogens (tertiary/aromatic N) is 3. The van der Waals surface area contributed by atoms with Crippen LogP contribution in [0.4, 0.5) is 4.39 Å². The lowest BCUT2D eigenvalue weighted by atomic mass is 9.98. The number of amides is 1. The molecule has 0 aliphatic carbocycles. The van der Waals surface area contributed by atoms with Gasteiger partial charge in [0.15, 0.2) is 5.65 Å². The van der Waals surface area contributed by atoms with Crippen LogP contribution in [0.2, 0.25) is 0 Å². The van der Waals surface area contributed by atoms with Crippen LogP contribution in [0.15, 0.2) is 47.4 Å². The largest absolute Gasteiger partial charge is 0.334 e. The average Bonchev–Trinajstić information content (AvgIpc) is 3.13. The summed E-state index contributed by atoms with van der Waals surface area (Å²) in [6, 6.07) is 9.00. The van der Waals surface area contributed by atoms with Crippen LogP contribution in [0.1, 0.15) is 36.6 Å². The van der Waals surface area contributed by atoms with Crippen molar-refractivity contribution < 1.29 is 9.18 Å². The normalized spacial score (nSPS) is 17.6. The Labute approximate surface area is 149 Å². The smallest absolute Gasteiger partial charge is 0.272 e. The van der Waals surface area contributed by atoms with Gasteiger partial charge in [-0.2, -0.15) is 0 Å².